The second-order valence-corrected chi connectivity index (χ2v) is 12.1. The molecule has 1 atom stereocenters. The molecule has 3 heteroatoms. The van der Waals surface area contributed by atoms with Gasteiger partial charge in [-0.15, -0.1) is 11.4 Å². The number of hydrogen-bond acceptors (Lipinski definition) is 2. The van der Waals surface area contributed by atoms with Gasteiger partial charge in [-0.3, -0.25) is 0 Å². The third kappa shape index (κ3) is 6.78. The molecule has 0 amide bonds. The van der Waals surface area contributed by atoms with E-state index in [1.54, 1.807) is 0 Å². The molecule has 0 N–H and O–H groups in total. The van der Waals surface area contributed by atoms with Crippen LogP contribution in [0, 0.1) is 5.92 Å². The van der Waals surface area contributed by atoms with Gasteiger partial charge in [-0.1, -0.05) is 41.0 Å². The molecule has 0 aromatic heterocycles. The van der Waals surface area contributed by atoms with E-state index in [4.69, 9.17) is 0 Å². The van der Waals surface area contributed by atoms with E-state index in [9.17, 15) is 0 Å². The fraction of sp³-hybridized carbons (Fsp3) is 1.00. The summed E-state index contributed by atoms with van der Waals surface area (Å²) in [5, 5.41) is 0.506. The molecular formula is C15H32NPS. The number of hydrogen-bond donors (Lipinski definition) is 0. The summed E-state index contributed by atoms with van der Waals surface area (Å²) in [5.41, 5.74) is 0. The second kappa shape index (κ2) is 8.12. The highest BCUT2D eigenvalue weighted by atomic mass is 32.7. The summed E-state index contributed by atoms with van der Waals surface area (Å²) in [7, 11) is 0.122. The van der Waals surface area contributed by atoms with Gasteiger partial charge in [0.05, 0.1) is 0 Å². The van der Waals surface area contributed by atoms with Gasteiger partial charge >= 0.3 is 0 Å². The van der Waals surface area contributed by atoms with Gasteiger partial charge in [0.2, 0.25) is 0 Å². The Balaban J connectivity index is 2.28. The van der Waals surface area contributed by atoms with Crippen molar-refractivity contribution >= 4 is 18.5 Å². The third-order valence-electron chi connectivity index (χ3n) is 3.38. The fourth-order valence-corrected chi connectivity index (χ4v) is 7.86. The van der Waals surface area contributed by atoms with Crippen LogP contribution in [0.1, 0.15) is 53.9 Å². The van der Waals surface area contributed by atoms with Gasteiger partial charge in [0.1, 0.15) is 0 Å². The first-order valence-corrected chi connectivity index (χ1v) is 10.6. The van der Waals surface area contributed by atoms with Gasteiger partial charge in [0.25, 0.3) is 0 Å². The van der Waals surface area contributed by atoms with E-state index in [2.05, 4.69) is 50.9 Å². The van der Waals surface area contributed by atoms with Gasteiger partial charge in [-0.25, -0.2) is 0 Å². The van der Waals surface area contributed by atoms with Crippen molar-refractivity contribution in [3.05, 3.63) is 0 Å². The van der Waals surface area contributed by atoms with Crippen LogP contribution in [0.2, 0.25) is 0 Å². The summed E-state index contributed by atoms with van der Waals surface area (Å²) in [6.07, 6.45) is 5.71. The Morgan fingerprint density at radius 1 is 1.11 bits per heavy atom. The highest BCUT2D eigenvalue weighted by molar-refractivity contribution is 8.56. The summed E-state index contributed by atoms with van der Waals surface area (Å²) >= 11 is 2.27. The highest BCUT2D eigenvalue weighted by Gasteiger charge is 2.25. The van der Waals surface area contributed by atoms with Gasteiger partial charge in [-0.05, 0) is 50.3 Å². The SMILES string of the molecule is CC(C)CP(SCCN1CCCCC1)C(C)(C)C. The lowest BCUT2D eigenvalue weighted by atomic mass is 10.1. The summed E-state index contributed by atoms with van der Waals surface area (Å²) in [6.45, 7) is 16.0. The molecule has 1 heterocycles. The van der Waals surface area contributed by atoms with Crippen molar-refractivity contribution in [2.75, 3.05) is 31.5 Å². The van der Waals surface area contributed by atoms with E-state index in [0.717, 1.165) is 5.92 Å². The molecule has 1 nitrogen and oxygen atoms in total. The molecule has 18 heavy (non-hydrogen) atoms. The lowest BCUT2D eigenvalue weighted by molar-refractivity contribution is 0.242. The lowest BCUT2D eigenvalue weighted by Crippen LogP contribution is -2.31. The van der Waals surface area contributed by atoms with E-state index in [0.29, 0.717) is 5.16 Å². The average molecular weight is 289 g/mol. The van der Waals surface area contributed by atoms with Crippen molar-refractivity contribution in [2.24, 2.45) is 5.92 Å². The Bertz CT molecular complexity index is 219. The van der Waals surface area contributed by atoms with Crippen LogP contribution in [0.5, 0.6) is 0 Å². The van der Waals surface area contributed by atoms with E-state index >= 15 is 0 Å². The minimum atomic E-state index is 0.122. The van der Waals surface area contributed by atoms with Gasteiger partial charge < -0.3 is 4.90 Å². The predicted octanol–water partition coefficient (Wildman–Crippen LogP) is 5.06. The van der Waals surface area contributed by atoms with E-state index in [1.165, 1.54) is 50.8 Å². The van der Waals surface area contributed by atoms with E-state index in [-0.39, 0.29) is 7.12 Å². The molecule has 0 aromatic rings. The fourth-order valence-electron chi connectivity index (χ4n) is 2.31. The smallest absolute Gasteiger partial charge is 0.0102 e. The maximum absolute atomic E-state index is 2.67. The lowest BCUT2D eigenvalue weighted by Gasteiger charge is -2.33. The topological polar surface area (TPSA) is 3.24 Å². The molecule has 0 saturated carbocycles. The first kappa shape index (κ1) is 16.8. The molecule has 0 spiro atoms. The molecule has 0 aromatic carbocycles. The van der Waals surface area contributed by atoms with Crippen LogP contribution in [0.3, 0.4) is 0 Å². The molecule has 0 aliphatic carbocycles. The molecule has 1 unspecified atom stereocenters. The van der Waals surface area contributed by atoms with Crippen molar-refractivity contribution in [3.8, 4) is 0 Å². The number of likely N-dealkylation sites (tertiary alicyclic amines) is 1. The van der Waals surface area contributed by atoms with Crippen molar-refractivity contribution in [2.45, 2.75) is 59.0 Å². The summed E-state index contributed by atoms with van der Waals surface area (Å²) in [5.74, 6) is 2.19. The quantitative estimate of drug-likeness (QED) is 0.629. The van der Waals surface area contributed by atoms with Crippen LogP contribution in [0.15, 0.2) is 0 Å². The second-order valence-electron chi connectivity index (χ2n) is 6.86. The summed E-state index contributed by atoms with van der Waals surface area (Å²) < 4.78 is 0. The molecule has 108 valence electrons. The van der Waals surface area contributed by atoms with Crippen LogP contribution in [0.4, 0.5) is 0 Å². The minimum absolute atomic E-state index is 0.122. The Hall–Kier alpha value is 0.740. The summed E-state index contributed by atoms with van der Waals surface area (Å²) in [4.78, 5) is 2.67. The molecule has 1 fully saturated rings. The number of piperidine rings is 1. The number of rotatable bonds is 6. The normalized spacial score (nSPS) is 20.3. The van der Waals surface area contributed by atoms with Crippen molar-refractivity contribution in [1.82, 2.24) is 4.90 Å². The maximum atomic E-state index is 2.67. The first-order chi connectivity index (χ1) is 8.39. The van der Waals surface area contributed by atoms with E-state index in [1.807, 2.05) is 0 Å². The van der Waals surface area contributed by atoms with Crippen LogP contribution < -0.4 is 0 Å². The van der Waals surface area contributed by atoms with Crippen LogP contribution in [0.25, 0.3) is 0 Å². The zero-order valence-corrected chi connectivity index (χ0v) is 14.7. The van der Waals surface area contributed by atoms with Crippen molar-refractivity contribution in [3.63, 3.8) is 0 Å². The molecule has 0 radical (unpaired) electrons. The van der Waals surface area contributed by atoms with Crippen LogP contribution in [-0.4, -0.2) is 41.6 Å². The average Bonchev–Trinajstić information content (AvgIpc) is 2.27. The van der Waals surface area contributed by atoms with Crippen molar-refractivity contribution in [1.29, 1.82) is 0 Å². The van der Waals surface area contributed by atoms with E-state index < -0.39 is 0 Å². The van der Waals surface area contributed by atoms with Crippen LogP contribution >= 0.6 is 18.5 Å². The Kier molecular flexibility index (Phi) is 7.58. The Morgan fingerprint density at radius 2 is 1.72 bits per heavy atom. The molecule has 1 saturated heterocycles. The monoisotopic (exact) mass is 289 g/mol. The van der Waals surface area contributed by atoms with Crippen molar-refractivity contribution < 1.29 is 0 Å². The number of nitrogens with zero attached hydrogens (tertiary/aromatic N) is 1. The largest absolute Gasteiger partial charge is 0.303 e. The standard InChI is InChI=1S/C15H32NPS/c1-14(2)13-17(15(3,4)5)18-12-11-16-9-7-6-8-10-16/h14H,6-13H2,1-5H3. The minimum Gasteiger partial charge on any atom is -0.303 e. The van der Waals surface area contributed by atoms with Gasteiger partial charge in [-0.2, -0.15) is 0 Å². The maximum Gasteiger partial charge on any atom is 0.0102 e. The molecule has 1 aliphatic heterocycles. The van der Waals surface area contributed by atoms with Crippen LogP contribution in [-0.2, 0) is 0 Å². The molecular weight excluding hydrogens is 257 g/mol. The highest BCUT2D eigenvalue weighted by Crippen LogP contribution is 2.60. The molecule has 1 aliphatic rings. The third-order valence-corrected chi connectivity index (χ3v) is 10.2. The first-order valence-electron chi connectivity index (χ1n) is 7.52. The predicted molar refractivity (Wildman–Crippen MR) is 89.1 cm³/mol. The Labute approximate surface area is 120 Å². The van der Waals surface area contributed by atoms with Gasteiger partial charge in [0.15, 0.2) is 0 Å². The Morgan fingerprint density at radius 3 is 2.22 bits per heavy atom. The zero-order chi connectivity index (χ0) is 13.6. The zero-order valence-electron chi connectivity index (χ0n) is 13.0. The molecule has 0 bridgehead atoms. The summed E-state index contributed by atoms with van der Waals surface area (Å²) in [6, 6.07) is 0. The molecule has 1 rings (SSSR count). The van der Waals surface area contributed by atoms with Gasteiger partial charge in [0, 0.05) is 12.3 Å².